The highest BCUT2D eigenvalue weighted by Crippen LogP contribution is 2.44. The number of benzene rings is 1. The summed E-state index contributed by atoms with van der Waals surface area (Å²) in [7, 11) is 0. The minimum atomic E-state index is 0.270. The van der Waals surface area contributed by atoms with Crippen molar-refractivity contribution in [2.24, 2.45) is 5.92 Å². The first-order chi connectivity index (χ1) is 8.90. The van der Waals surface area contributed by atoms with Crippen LogP contribution < -0.4 is 0 Å². The van der Waals surface area contributed by atoms with Crippen molar-refractivity contribution < 1.29 is 5.11 Å². The summed E-state index contributed by atoms with van der Waals surface area (Å²) in [5.41, 5.74) is 6.01. The maximum absolute atomic E-state index is 10.4. The van der Waals surface area contributed by atoms with Crippen molar-refractivity contribution in [3.63, 3.8) is 0 Å². The molecule has 0 radical (unpaired) electrons. The monoisotopic (exact) mass is 256 g/mol. The van der Waals surface area contributed by atoms with E-state index in [1.54, 1.807) is 0 Å². The zero-order valence-corrected chi connectivity index (χ0v) is 12.5. The maximum atomic E-state index is 10.4. The van der Waals surface area contributed by atoms with Crippen molar-refractivity contribution >= 4 is 0 Å². The summed E-state index contributed by atoms with van der Waals surface area (Å²) in [6, 6.07) is 4.03. The Morgan fingerprint density at radius 3 is 2.53 bits per heavy atom. The minimum Gasteiger partial charge on any atom is -0.508 e. The topological polar surface area (TPSA) is 20.2 Å². The molecule has 0 aliphatic heterocycles. The minimum absolute atomic E-state index is 0.270. The highest BCUT2D eigenvalue weighted by atomic mass is 16.3. The highest BCUT2D eigenvalue weighted by molar-refractivity contribution is 5.48. The van der Waals surface area contributed by atoms with Gasteiger partial charge in [0.2, 0.25) is 0 Å². The number of rotatable bonds is 2. The average molecular weight is 256 g/mol. The molecule has 1 aromatic carbocycles. The summed E-state index contributed by atoms with van der Waals surface area (Å²) < 4.78 is 0. The van der Waals surface area contributed by atoms with Crippen LogP contribution in [0.5, 0.6) is 5.75 Å². The van der Waals surface area contributed by atoms with Crippen LogP contribution in [0.4, 0.5) is 0 Å². The fraction of sp³-hybridized carbons (Fsp3) is 0.444. The first kappa shape index (κ1) is 13.9. The molecule has 0 fully saturated rings. The van der Waals surface area contributed by atoms with Crippen LogP contribution in [0, 0.1) is 19.8 Å². The molecule has 1 nitrogen and oxygen atoms in total. The van der Waals surface area contributed by atoms with E-state index >= 15 is 0 Å². The molecule has 2 atom stereocenters. The van der Waals surface area contributed by atoms with Crippen LogP contribution >= 0.6 is 0 Å². The third-order valence-electron chi connectivity index (χ3n) is 4.22. The average Bonchev–Trinajstić information content (AvgIpc) is 2.27. The van der Waals surface area contributed by atoms with Gasteiger partial charge in [-0.25, -0.2) is 0 Å². The molecule has 0 amide bonds. The normalized spacial score (nSPS) is 23.1. The largest absolute Gasteiger partial charge is 0.508 e. The number of aromatic hydroxyl groups is 1. The van der Waals surface area contributed by atoms with Crippen LogP contribution in [-0.2, 0) is 0 Å². The molecule has 2 rings (SSSR count). The van der Waals surface area contributed by atoms with Gasteiger partial charge in [-0.1, -0.05) is 29.9 Å². The molecule has 0 aromatic heterocycles. The van der Waals surface area contributed by atoms with Gasteiger partial charge in [0.25, 0.3) is 0 Å². The molecule has 19 heavy (non-hydrogen) atoms. The Bertz CT molecular complexity index is 514. The Morgan fingerprint density at radius 1 is 1.26 bits per heavy atom. The molecule has 1 aliphatic rings. The molecule has 102 valence electrons. The molecule has 1 heteroatoms. The van der Waals surface area contributed by atoms with Crippen LogP contribution in [-0.4, -0.2) is 5.11 Å². The molecule has 1 aromatic rings. The van der Waals surface area contributed by atoms with Gasteiger partial charge in [0.1, 0.15) is 5.75 Å². The SMILES string of the molecule is C=C(C)[C@@H]1CCC(C)=CC1c1c(C)cc(C)cc1O. The number of hydrogen-bond acceptors (Lipinski definition) is 1. The quantitative estimate of drug-likeness (QED) is 0.736. The molecule has 1 aliphatic carbocycles. The zero-order chi connectivity index (χ0) is 14.2. The van der Waals surface area contributed by atoms with Crippen LogP contribution in [0.2, 0.25) is 0 Å². The van der Waals surface area contributed by atoms with Gasteiger partial charge in [0.05, 0.1) is 0 Å². The number of phenolic OH excluding ortho intramolecular Hbond substituents is 1. The van der Waals surface area contributed by atoms with E-state index < -0.39 is 0 Å². The van der Waals surface area contributed by atoms with E-state index in [-0.39, 0.29) is 5.92 Å². The Balaban J connectivity index is 2.54. The fourth-order valence-corrected chi connectivity index (χ4v) is 3.30. The Hall–Kier alpha value is -1.50. The number of aryl methyl sites for hydroxylation is 2. The van der Waals surface area contributed by atoms with Crippen molar-refractivity contribution in [1.82, 2.24) is 0 Å². The van der Waals surface area contributed by atoms with Gasteiger partial charge in [-0.05, 0) is 63.6 Å². The lowest BCUT2D eigenvalue weighted by molar-refractivity contribution is 0.435. The summed E-state index contributed by atoms with van der Waals surface area (Å²) in [5, 5.41) is 10.4. The van der Waals surface area contributed by atoms with Gasteiger partial charge in [-0.15, -0.1) is 0 Å². The second-order valence-electron chi connectivity index (χ2n) is 6.04. The van der Waals surface area contributed by atoms with Crippen LogP contribution in [0.1, 0.15) is 49.3 Å². The predicted molar refractivity (Wildman–Crippen MR) is 81.6 cm³/mol. The lowest BCUT2D eigenvalue weighted by Crippen LogP contribution is -2.18. The molecule has 0 spiro atoms. The fourth-order valence-electron chi connectivity index (χ4n) is 3.30. The maximum Gasteiger partial charge on any atom is 0.119 e. The summed E-state index contributed by atoms with van der Waals surface area (Å²) >= 11 is 0. The van der Waals surface area contributed by atoms with Gasteiger partial charge in [-0.2, -0.15) is 0 Å². The summed E-state index contributed by atoms with van der Waals surface area (Å²) in [6.45, 7) is 12.5. The molecule has 0 bridgehead atoms. The van der Waals surface area contributed by atoms with Gasteiger partial charge in [0.15, 0.2) is 0 Å². The molecule has 0 heterocycles. The Morgan fingerprint density at radius 2 is 1.95 bits per heavy atom. The standard InChI is InChI=1S/C18H24O/c1-11(2)15-7-6-12(3)9-16(15)18-14(5)8-13(4)10-17(18)19/h8-10,15-16,19H,1,6-7H2,2-5H3/t15-,16?/m0/s1. The first-order valence-electron chi connectivity index (χ1n) is 7.03. The van der Waals surface area contributed by atoms with Crippen LogP contribution in [0.3, 0.4) is 0 Å². The molecule has 1 unspecified atom stereocenters. The van der Waals surface area contributed by atoms with E-state index in [9.17, 15) is 5.11 Å². The first-order valence-corrected chi connectivity index (χ1v) is 7.03. The molecular formula is C18H24O. The summed E-state index contributed by atoms with van der Waals surface area (Å²) in [5.74, 6) is 1.14. The Labute approximate surface area is 116 Å². The smallest absolute Gasteiger partial charge is 0.119 e. The molecule has 1 N–H and O–H groups in total. The van der Waals surface area contributed by atoms with Gasteiger partial charge in [-0.3, -0.25) is 0 Å². The van der Waals surface area contributed by atoms with E-state index in [1.165, 1.54) is 16.7 Å². The van der Waals surface area contributed by atoms with Crippen molar-refractivity contribution in [2.45, 2.75) is 46.5 Å². The second-order valence-corrected chi connectivity index (χ2v) is 6.04. The van der Waals surface area contributed by atoms with Gasteiger partial charge >= 0.3 is 0 Å². The van der Waals surface area contributed by atoms with Crippen LogP contribution in [0.25, 0.3) is 0 Å². The van der Waals surface area contributed by atoms with Crippen molar-refractivity contribution in [3.8, 4) is 5.75 Å². The van der Waals surface area contributed by atoms with Gasteiger partial charge in [0, 0.05) is 11.5 Å². The van der Waals surface area contributed by atoms with E-state index in [4.69, 9.17) is 0 Å². The third-order valence-corrected chi connectivity index (χ3v) is 4.22. The van der Waals surface area contributed by atoms with E-state index in [0.717, 1.165) is 24.0 Å². The van der Waals surface area contributed by atoms with Crippen molar-refractivity contribution in [3.05, 3.63) is 52.6 Å². The molecule has 0 saturated carbocycles. The van der Waals surface area contributed by atoms with Crippen molar-refractivity contribution in [1.29, 1.82) is 0 Å². The summed E-state index contributed by atoms with van der Waals surface area (Å²) in [4.78, 5) is 0. The lowest BCUT2D eigenvalue weighted by Gasteiger charge is -2.32. The number of hydrogen-bond donors (Lipinski definition) is 1. The van der Waals surface area contributed by atoms with E-state index in [0.29, 0.717) is 11.7 Å². The molecule has 0 saturated heterocycles. The lowest BCUT2D eigenvalue weighted by atomic mass is 9.73. The van der Waals surface area contributed by atoms with E-state index in [2.05, 4.69) is 39.5 Å². The van der Waals surface area contributed by atoms with E-state index in [1.807, 2.05) is 13.0 Å². The van der Waals surface area contributed by atoms with Crippen LogP contribution in [0.15, 0.2) is 35.9 Å². The predicted octanol–water partition coefficient (Wildman–Crippen LogP) is 5.03. The second kappa shape index (κ2) is 5.24. The Kier molecular flexibility index (Phi) is 3.84. The zero-order valence-electron chi connectivity index (χ0n) is 12.5. The molecular weight excluding hydrogens is 232 g/mol. The highest BCUT2D eigenvalue weighted by Gasteiger charge is 2.28. The number of phenols is 1. The van der Waals surface area contributed by atoms with Gasteiger partial charge < -0.3 is 5.11 Å². The van der Waals surface area contributed by atoms with Crippen molar-refractivity contribution in [2.75, 3.05) is 0 Å². The third kappa shape index (κ3) is 2.75. The number of allylic oxidation sites excluding steroid dienone is 3. The summed E-state index contributed by atoms with van der Waals surface area (Å²) in [6.07, 6.45) is 4.59.